The molecule has 3 heteroatoms. The largest absolute Gasteiger partial charge is 0.386 e. The summed E-state index contributed by atoms with van der Waals surface area (Å²) < 4.78 is 5.35. The molecule has 1 aliphatic rings. The summed E-state index contributed by atoms with van der Waals surface area (Å²) in [7, 11) is 1.69. The Balaban J connectivity index is 2.49. The number of aliphatic hydroxyl groups is 1. The lowest BCUT2D eigenvalue weighted by molar-refractivity contribution is -0.115. The summed E-state index contributed by atoms with van der Waals surface area (Å²) in [5.74, 6) is 0. The highest BCUT2D eigenvalue weighted by molar-refractivity contribution is 4.93. The Bertz CT molecular complexity index is 173. The van der Waals surface area contributed by atoms with E-state index in [0.717, 1.165) is 19.3 Å². The van der Waals surface area contributed by atoms with Gasteiger partial charge >= 0.3 is 0 Å². The zero-order valence-corrected chi connectivity index (χ0v) is 9.55. The lowest BCUT2D eigenvalue weighted by atomic mass is 9.82. The molecule has 0 saturated heterocycles. The number of hydrogen-bond acceptors (Lipinski definition) is 3. The zero-order chi connectivity index (χ0) is 10.6. The molecule has 1 rings (SSSR count). The fourth-order valence-electron chi connectivity index (χ4n) is 2.11. The normalized spacial score (nSPS) is 33.6. The maximum absolute atomic E-state index is 10.4. The van der Waals surface area contributed by atoms with Gasteiger partial charge in [0, 0.05) is 19.7 Å². The van der Waals surface area contributed by atoms with Crippen molar-refractivity contribution in [2.75, 3.05) is 13.7 Å². The minimum atomic E-state index is -0.655. The van der Waals surface area contributed by atoms with Gasteiger partial charge in [-0.1, -0.05) is 26.7 Å². The molecule has 2 unspecified atom stereocenters. The third-order valence-corrected chi connectivity index (χ3v) is 3.03. The molecule has 0 aliphatic heterocycles. The Hall–Kier alpha value is -0.120. The fraction of sp³-hybridized carbons (Fsp3) is 1.00. The van der Waals surface area contributed by atoms with Crippen LogP contribution in [0.2, 0.25) is 0 Å². The Morgan fingerprint density at radius 1 is 1.50 bits per heavy atom. The van der Waals surface area contributed by atoms with Gasteiger partial charge in [-0.25, -0.2) is 0 Å². The Kier molecular flexibility index (Phi) is 4.35. The van der Waals surface area contributed by atoms with Crippen LogP contribution in [0.4, 0.5) is 0 Å². The van der Waals surface area contributed by atoms with Crippen molar-refractivity contribution in [2.45, 2.75) is 57.3 Å². The predicted octanol–water partition coefficient (Wildman–Crippen LogP) is 1.30. The number of hydrogen-bond donors (Lipinski definition) is 2. The van der Waals surface area contributed by atoms with E-state index in [1.54, 1.807) is 7.11 Å². The van der Waals surface area contributed by atoms with E-state index in [4.69, 9.17) is 4.74 Å². The molecule has 2 atom stereocenters. The molecule has 0 amide bonds. The molecule has 3 nitrogen and oxygen atoms in total. The summed E-state index contributed by atoms with van der Waals surface area (Å²) in [5, 5.41) is 13.7. The van der Waals surface area contributed by atoms with Crippen LogP contribution in [0.15, 0.2) is 0 Å². The predicted molar refractivity (Wildman–Crippen MR) is 57.4 cm³/mol. The molecule has 2 N–H and O–H groups in total. The van der Waals surface area contributed by atoms with E-state index in [0.29, 0.717) is 12.6 Å². The van der Waals surface area contributed by atoms with Crippen LogP contribution in [0.1, 0.15) is 39.5 Å². The van der Waals surface area contributed by atoms with Crippen molar-refractivity contribution in [3.8, 4) is 0 Å². The molecule has 1 saturated carbocycles. The van der Waals surface area contributed by atoms with Gasteiger partial charge in [0.05, 0.1) is 6.10 Å². The second-order valence-electron chi connectivity index (χ2n) is 4.61. The van der Waals surface area contributed by atoms with E-state index in [1.807, 2.05) is 0 Å². The summed E-state index contributed by atoms with van der Waals surface area (Å²) >= 11 is 0. The highest BCUT2D eigenvalue weighted by atomic mass is 16.5. The van der Waals surface area contributed by atoms with Gasteiger partial charge in [0.2, 0.25) is 0 Å². The average Bonchev–Trinajstić information content (AvgIpc) is 2.16. The third-order valence-electron chi connectivity index (χ3n) is 3.03. The van der Waals surface area contributed by atoms with Crippen LogP contribution in [-0.4, -0.2) is 36.5 Å². The summed E-state index contributed by atoms with van der Waals surface area (Å²) in [4.78, 5) is 0. The third kappa shape index (κ3) is 2.94. The molecular weight excluding hydrogens is 178 g/mol. The molecule has 0 aromatic rings. The van der Waals surface area contributed by atoms with Crippen LogP contribution in [0.3, 0.4) is 0 Å². The topological polar surface area (TPSA) is 41.5 Å². The molecular formula is C11H23NO2. The lowest BCUT2D eigenvalue weighted by Crippen LogP contribution is -2.53. The zero-order valence-electron chi connectivity index (χ0n) is 9.55. The number of methoxy groups -OCH3 is 1. The highest BCUT2D eigenvalue weighted by Crippen LogP contribution is 2.29. The maximum atomic E-state index is 10.4. The molecule has 14 heavy (non-hydrogen) atoms. The smallest absolute Gasteiger partial charge is 0.103 e. The van der Waals surface area contributed by atoms with E-state index in [1.165, 1.54) is 6.42 Å². The van der Waals surface area contributed by atoms with Crippen molar-refractivity contribution >= 4 is 0 Å². The number of rotatable bonds is 4. The molecule has 1 aliphatic carbocycles. The van der Waals surface area contributed by atoms with Gasteiger partial charge in [-0.3, -0.25) is 0 Å². The number of nitrogens with one attached hydrogen (secondary N) is 1. The van der Waals surface area contributed by atoms with Crippen LogP contribution in [0.25, 0.3) is 0 Å². The first-order valence-corrected chi connectivity index (χ1v) is 5.57. The summed E-state index contributed by atoms with van der Waals surface area (Å²) in [5.41, 5.74) is -0.655. The van der Waals surface area contributed by atoms with Gasteiger partial charge < -0.3 is 15.2 Å². The van der Waals surface area contributed by atoms with Gasteiger partial charge in [0.15, 0.2) is 0 Å². The first-order chi connectivity index (χ1) is 6.58. The van der Waals surface area contributed by atoms with Crippen LogP contribution >= 0.6 is 0 Å². The van der Waals surface area contributed by atoms with Gasteiger partial charge in [0.1, 0.15) is 5.60 Å². The molecule has 0 bridgehead atoms. The first kappa shape index (κ1) is 12.0. The monoisotopic (exact) mass is 201 g/mol. The van der Waals surface area contributed by atoms with Gasteiger partial charge in [-0.05, 0) is 12.8 Å². The maximum Gasteiger partial charge on any atom is 0.103 e. The summed E-state index contributed by atoms with van der Waals surface area (Å²) in [6.07, 6.45) is 4.11. The summed E-state index contributed by atoms with van der Waals surface area (Å²) in [6.45, 7) is 4.82. The quantitative estimate of drug-likeness (QED) is 0.720. The van der Waals surface area contributed by atoms with Crippen molar-refractivity contribution in [1.29, 1.82) is 0 Å². The SMILES string of the molecule is COC1CCCCC1(O)CNC(C)C. The number of ether oxygens (including phenoxy) is 1. The molecule has 0 aromatic carbocycles. The standard InChI is InChI=1S/C11H23NO2/c1-9(2)12-8-11(13)7-5-4-6-10(11)14-3/h9-10,12-13H,4-8H2,1-3H3. The molecule has 0 heterocycles. The van der Waals surface area contributed by atoms with Crippen molar-refractivity contribution in [3.63, 3.8) is 0 Å². The Morgan fingerprint density at radius 3 is 2.79 bits per heavy atom. The van der Waals surface area contributed by atoms with Crippen molar-refractivity contribution < 1.29 is 9.84 Å². The molecule has 0 aromatic heterocycles. The van der Waals surface area contributed by atoms with E-state index in [2.05, 4.69) is 19.2 Å². The van der Waals surface area contributed by atoms with Crippen LogP contribution in [0.5, 0.6) is 0 Å². The minimum Gasteiger partial charge on any atom is -0.386 e. The molecule has 0 spiro atoms. The minimum absolute atomic E-state index is 0.00231. The Morgan fingerprint density at radius 2 is 2.21 bits per heavy atom. The molecule has 84 valence electrons. The van der Waals surface area contributed by atoms with Crippen molar-refractivity contribution in [3.05, 3.63) is 0 Å². The van der Waals surface area contributed by atoms with Crippen LogP contribution in [0, 0.1) is 0 Å². The molecule has 0 radical (unpaired) electrons. The van der Waals surface area contributed by atoms with Crippen LogP contribution < -0.4 is 5.32 Å². The highest BCUT2D eigenvalue weighted by Gasteiger charge is 2.38. The van der Waals surface area contributed by atoms with E-state index in [-0.39, 0.29) is 6.10 Å². The van der Waals surface area contributed by atoms with Crippen LogP contribution in [-0.2, 0) is 4.74 Å². The van der Waals surface area contributed by atoms with Gasteiger partial charge in [-0.15, -0.1) is 0 Å². The average molecular weight is 201 g/mol. The summed E-state index contributed by atoms with van der Waals surface area (Å²) in [6, 6.07) is 0.415. The lowest BCUT2D eigenvalue weighted by Gasteiger charge is -2.39. The first-order valence-electron chi connectivity index (χ1n) is 5.57. The van der Waals surface area contributed by atoms with E-state index in [9.17, 15) is 5.11 Å². The van der Waals surface area contributed by atoms with E-state index < -0.39 is 5.60 Å². The fourth-order valence-corrected chi connectivity index (χ4v) is 2.11. The van der Waals surface area contributed by atoms with Gasteiger partial charge in [-0.2, -0.15) is 0 Å². The van der Waals surface area contributed by atoms with Crippen molar-refractivity contribution in [2.24, 2.45) is 0 Å². The van der Waals surface area contributed by atoms with Crippen molar-refractivity contribution in [1.82, 2.24) is 5.32 Å². The Labute approximate surface area is 86.8 Å². The second-order valence-corrected chi connectivity index (χ2v) is 4.61. The van der Waals surface area contributed by atoms with E-state index >= 15 is 0 Å². The second kappa shape index (κ2) is 5.10. The van der Waals surface area contributed by atoms with Gasteiger partial charge in [0.25, 0.3) is 0 Å². The molecule has 1 fully saturated rings.